The van der Waals surface area contributed by atoms with E-state index in [4.69, 9.17) is 0 Å². The smallest absolute Gasteiger partial charge is 0.0819 e. The zero-order valence-electron chi connectivity index (χ0n) is 13.7. The van der Waals surface area contributed by atoms with Crippen molar-refractivity contribution in [1.82, 2.24) is 19.7 Å². The predicted octanol–water partition coefficient (Wildman–Crippen LogP) is 3.81. The summed E-state index contributed by atoms with van der Waals surface area (Å²) in [4.78, 5) is 7.62. The van der Waals surface area contributed by atoms with Gasteiger partial charge in [0.2, 0.25) is 0 Å². The molecule has 0 aliphatic carbocycles. The molecule has 3 heterocycles. The second-order valence-corrected chi connectivity index (χ2v) is 6.01. The first kappa shape index (κ1) is 14.5. The minimum absolute atomic E-state index is 0.00144. The molecule has 4 aromatic rings. The van der Waals surface area contributed by atoms with E-state index in [9.17, 15) is 0 Å². The third kappa shape index (κ3) is 2.54. The van der Waals surface area contributed by atoms with Crippen molar-refractivity contribution in [2.75, 3.05) is 5.32 Å². The summed E-state index contributed by atoms with van der Waals surface area (Å²) < 4.78 is 1.83. The fourth-order valence-corrected chi connectivity index (χ4v) is 3.11. The van der Waals surface area contributed by atoms with Crippen molar-refractivity contribution in [2.45, 2.75) is 13.0 Å². The Kier molecular flexibility index (Phi) is 3.54. The molecule has 2 N–H and O–H groups in total. The van der Waals surface area contributed by atoms with Crippen molar-refractivity contribution in [1.29, 1.82) is 0 Å². The van der Waals surface area contributed by atoms with Crippen LogP contribution in [0.15, 0.2) is 61.3 Å². The Balaban J connectivity index is 1.84. The van der Waals surface area contributed by atoms with Crippen LogP contribution in [0.1, 0.15) is 22.7 Å². The van der Waals surface area contributed by atoms with Crippen LogP contribution >= 0.6 is 0 Å². The average Bonchev–Trinajstić information content (AvgIpc) is 3.21. The molecule has 3 aromatic heterocycles. The summed E-state index contributed by atoms with van der Waals surface area (Å²) >= 11 is 0. The molecule has 0 saturated carbocycles. The first-order chi connectivity index (χ1) is 11.7. The maximum Gasteiger partial charge on any atom is 0.0819 e. The molecule has 0 saturated heterocycles. The molecule has 24 heavy (non-hydrogen) atoms. The lowest BCUT2D eigenvalue weighted by Crippen LogP contribution is -2.11. The number of anilines is 1. The second-order valence-electron chi connectivity index (χ2n) is 6.01. The van der Waals surface area contributed by atoms with Gasteiger partial charge in [-0.05, 0) is 24.6 Å². The van der Waals surface area contributed by atoms with Crippen molar-refractivity contribution >= 4 is 16.6 Å². The number of aryl methyl sites for hydroxylation is 2. The van der Waals surface area contributed by atoms with Gasteiger partial charge in [0.15, 0.2) is 0 Å². The van der Waals surface area contributed by atoms with Crippen LogP contribution in [0.3, 0.4) is 0 Å². The van der Waals surface area contributed by atoms with Crippen molar-refractivity contribution in [3.8, 4) is 0 Å². The summed E-state index contributed by atoms with van der Waals surface area (Å²) in [7, 11) is 1.93. The number of nitrogens with one attached hydrogen (secondary N) is 2. The Labute approximate surface area is 140 Å². The van der Waals surface area contributed by atoms with E-state index in [2.05, 4.69) is 51.7 Å². The van der Waals surface area contributed by atoms with E-state index in [0.29, 0.717) is 0 Å². The Hall–Kier alpha value is -3.08. The number of nitrogens with zero attached hydrogens (tertiary/aromatic N) is 3. The van der Waals surface area contributed by atoms with E-state index >= 15 is 0 Å². The highest BCUT2D eigenvalue weighted by atomic mass is 15.2. The fraction of sp³-hybridized carbons (Fsp3) is 0.158. The van der Waals surface area contributed by atoms with E-state index < -0.39 is 0 Å². The number of pyridine rings is 1. The average molecular weight is 317 g/mol. The molecule has 1 unspecified atom stereocenters. The lowest BCUT2D eigenvalue weighted by atomic mass is 9.99. The number of hydrogen-bond acceptors (Lipinski definition) is 3. The number of para-hydroxylation sites is 1. The molecule has 0 amide bonds. The van der Waals surface area contributed by atoms with Gasteiger partial charge >= 0.3 is 0 Å². The number of aromatic amines is 1. The number of aromatic nitrogens is 4. The summed E-state index contributed by atoms with van der Waals surface area (Å²) in [5, 5.41) is 9.15. The van der Waals surface area contributed by atoms with Crippen molar-refractivity contribution in [2.24, 2.45) is 7.05 Å². The highest BCUT2D eigenvalue weighted by molar-refractivity contribution is 5.87. The van der Waals surface area contributed by atoms with Crippen LogP contribution in [0.5, 0.6) is 0 Å². The van der Waals surface area contributed by atoms with Gasteiger partial charge in [-0.2, -0.15) is 5.10 Å². The molecule has 4 rings (SSSR count). The summed E-state index contributed by atoms with van der Waals surface area (Å²) in [5.41, 5.74) is 5.71. The fourth-order valence-electron chi connectivity index (χ4n) is 3.11. The maximum atomic E-state index is 4.34. The number of rotatable bonds is 4. The minimum Gasteiger partial charge on any atom is -0.373 e. The Morgan fingerprint density at radius 2 is 2.08 bits per heavy atom. The topological polar surface area (TPSA) is 58.5 Å². The molecule has 120 valence electrons. The summed E-state index contributed by atoms with van der Waals surface area (Å²) in [5.74, 6) is 0. The van der Waals surface area contributed by atoms with E-state index in [1.807, 2.05) is 42.5 Å². The van der Waals surface area contributed by atoms with Gasteiger partial charge in [0.1, 0.15) is 0 Å². The molecular weight excluding hydrogens is 298 g/mol. The summed E-state index contributed by atoms with van der Waals surface area (Å²) in [6.45, 7) is 2.12. The van der Waals surface area contributed by atoms with Crippen LogP contribution in [-0.4, -0.2) is 19.7 Å². The highest BCUT2D eigenvalue weighted by Crippen LogP contribution is 2.32. The van der Waals surface area contributed by atoms with Crippen LogP contribution in [0.2, 0.25) is 0 Å². The van der Waals surface area contributed by atoms with E-state index in [-0.39, 0.29) is 6.04 Å². The van der Waals surface area contributed by atoms with Crippen LogP contribution in [0.25, 0.3) is 10.9 Å². The Bertz CT molecular complexity index is 968. The number of hydrogen-bond donors (Lipinski definition) is 2. The van der Waals surface area contributed by atoms with E-state index in [0.717, 1.165) is 11.3 Å². The van der Waals surface area contributed by atoms with Gasteiger partial charge in [0, 0.05) is 53.9 Å². The molecule has 0 radical (unpaired) electrons. The third-order valence-corrected chi connectivity index (χ3v) is 4.30. The molecule has 0 aliphatic heterocycles. The molecule has 0 spiro atoms. The number of benzene rings is 1. The van der Waals surface area contributed by atoms with Gasteiger partial charge in [0.05, 0.1) is 17.9 Å². The quantitative estimate of drug-likeness (QED) is 0.602. The van der Waals surface area contributed by atoms with Gasteiger partial charge in [0.25, 0.3) is 0 Å². The van der Waals surface area contributed by atoms with Crippen LogP contribution in [-0.2, 0) is 7.05 Å². The monoisotopic (exact) mass is 317 g/mol. The standard InChI is InChI=1S/C19H19N5/c1-13-5-3-7-16-17(11-21-18(13)16)19(14-9-22-24(2)12-14)23-15-6-4-8-20-10-15/h3-12,19,21,23H,1-2H3. The molecule has 1 atom stereocenters. The summed E-state index contributed by atoms with van der Waals surface area (Å²) in [6.07, 6.45) is 9.65. The Morgan fingerprint density at radius 1 is 1.17 bits per heavy atom. The minimum atomic E-state index is -0.00144. The first-order valence-corrected chi connectivity index (χ1v) is 7.94. The van der Waals surface area contributed by atoms with Gasteiger partial charge in [-0.3, -0.25) is 9.67 Å². The largest absolute Gasteiger partial charge is 0.373 e. The van der Waals surface area contributed by atoms with Crippen LogP contribution in [0.4, 0.5) is 5.69 Å². The molecule has 0 aliphatic rings. The second kappa shape index (κ2) is 5.85. The SMILES string of the molecule is Cc1cccc2c(C(Nc3cccnc3)c3cnn(C)c3)c[nH]c12. The van der Waals surface area contributed by atoms with Crippen molar-refractivity contribution < 1.29 is 0 Å². The molecule has 5 heteroatoms. The van der Waals surface area contributed by atoms with E-state index in [1.54, 1.807) is 6.20 Å². The van der Waals surface area contributed by atoms with Gasteiger partial charge in [-0.15, -0.1) is 0 Å². The lowest BCUT2D eigenvalue weighted by molar-refractivity contribution is 0.766. The number of fused-ring (bicyclic) bond motifs is 1. The number of H-pyrrole nitrogens is 1. The van der Waals surface area contributed by atoms with Crippen molar-refractivity contribution in [3.63, 3.8) is 0 Å². The maximum absolute atomic E-state index is 4.34. The zero-order valence-corrected chi connectivity index (χ0v) is 13.7. The van der Waals surface area contributed by atoms with Gasteiger partial charge in [-0.1, -0.05) is 18.2 Å². The zero-order chi connectivity index (χ0) is 16.5. The van der Waals surface area contributed by atoms with Crippen LogP contribution in [0, 0.1) is 6.92 Å². The molecule has 5 nitrogen and oxygen atoms in total. The summed E-state index contributed by atoms with van der Waals surface area (Å²) in [6, 6.07) is 10.3. The Morgan fingerprint density at radius 3 is 2.83 bits per heavy atom. The lowest BCUT2D eigenvalue weighted by Gasteiger charge is -2.18. The van der Waals surface area contributed by atoms with Crippen LogP contribution < -0.4 is 5.32 Å². The predicted molar refractivity (Wildman–Crippen MR) is 95.9 cm³/mol. The molecule has 0 bridgehead atoms. The van der Waals surface area contributed by atoms with E-state index in [1.165, 1.54) is 22.0 Å². The molecular formula is C19H19N5. The first-order valence-electron chi connectivity index (χ1n) is 7.94. The normalized spacial score (nSPS) is 12.4. The third-order valence-electron chi connectivity index (χ3n) is 4.30. The van der Waals surface area contributed by atoms with Gasteiger partial charge in [-0.25, -0.2) is 0 Å². The van der Waals surface area contributed by atoms with Crippen molar-refractivity contribution in [3.05, 3.63) is 78.0 Å². The molecule has 1 aromatic carbocycles. The highest BCUT2D eigenvalue weighted by Gasteiger charge is 2.20. The molecule has 0 fully saturated rings. The van der Waals surface area contributed by atoms with Gasteiger partial charge < -0.3 is 10.3 Å².